The number of aromatic nitrogens is 2. The van der Waals surface area contributed by atoms with Crippen molar-refractivity contribution in [3.63, 3.8) is 0 Å². The number of rotatable bonds is 6. The number of benzene rings is 1. The number of nitrogens with zero attached hydrogens (tertiary/aromatic N) is 2. The molecule has 1 aromatic carbocycles. The maximum Gasteiger partial charge on any atom is 0.451 e. The molecule has 1 N–H and O–H groups in total. The zero-order valence-electron chi connectivity index (χ0n) is 18.0. The molecule has 2 aromatic rings. The van der Waals surface area contributed by atoms with E-state index in [9.17, 15) is 39.6 Å². The number of amides is 1. The predicted octanol–water partition coefficient (Wildman–Crippen LogP) is 4.67. The number of sulfone groups is 1. The van der Waals surface area contributed by atoms with Gasteiger partial charge >= 0.3 is 12.4 Å². The second kappa shape index (κ2) is 8.82. The summed E-state index contributed by atoms with van der Waals surface area (Å²) in [5, 5.41) is 2.63. The Morgan fingerprint density at radius 3 is 2.15 bits per heavy atom. The molecule has 1 aromatic heterocycles. The van der Waals surface area contributed by atoms with Crippen molar-refractivity contribution >= 4 is 15.7 Å². The van der Waals surface area contributed by atoms with E-state index < -0.39 is 49.1 Å². The smallest absolute Gasteiger partial charge is 0.349 e. The first-order valence-electron chi connectivity index (χ1n) is 10.1. The van der Waals surface area contributed by atoms with Crippen molar-refractivity contribution in [2.24, 2.45) is 5.92 Å². The van der Waals surface area contributed by atoms with Gasteiger partial charge in [0.25, 0.3) is 5.91 Å². The molecule has 3 rings (SSSR count). The van der Waals surface area contributed by atoms with Gasteiger partial charge in [-0.1, -0.05) is 6.07 Å². The molecule has 0 bridgehead atoms. The Labute approximate surface area is 191 Å². The van der Waals surface area contributed by atoms with Crippen LogP contribution in [-0.4, -0.2) is 35.1 Å². The fourth-order valence-electron chi connectivity index (χ4n) is 3.84. The summed E-state index contributed by atoms with van der Waals surface area (Å²) in [6.07, 6.45) is -6.88. The van der Waals surface area contributed by atoms with Crippen LogP contribution in [0.1, 0.15) is 54.9 Å². The first-order valence-corrected chi connectivity index (χ1v) is 11.6. The van der Waals surface area contributed by atoms with Crippen molar-refractivity contribution in [2.75, 3.05) is 0 Å². The van der Waals surface area contributed by atoms with Gasteiger partial charge in [-0.3, -0.25) is 4.79 Å². The lowest BCUT2D eigenvalue weighted by Crippen LogP contribution is -2.47. The van der Waals surface area contributed by atoms with Gasteiger partial charge in [0.15, 0.2) is 9.84 Å². The lowest BCUT2D eigenvalue weighted by molar-refractivity contribution is -0.145. The van der Waals surface area contributed by atoms with Gasteiger partial charge in [-0.25, -0.2) is 18.4 Å². The van der Waals surface area contributed by atoms with E-state index in [4.69, 9.17) is 0 Å². The first-order chi connectivity index (χ1) is 15.5. The number of halogens is 6. The zero-order valence-corrected chi connectivity index (χ0v) is 18.9. The number of carbonyl (C=O) groups excluding carboxylic acids is 1. The largest absolute Gasteiger partial charge is 0.451 e. The lowest BCUT2D eigenvalue weighted by atomic mass is 9.75. The summed E-state index contributed by atoms with van der Waals surface area (Å²) in [7, 11) is -4.09. The summed E-state index contributed by atoms with van der Waals surface area (Å²) < 4.78 is 101. The van der Waals surface area contributed by atoms with Crippen molar-refractivity contribution in [1.82, 2.24) is 15.3 Å². The van der Waals surface area contributed by atoms with Crippen LogP contribution in [0.2, 0.25) is 0 Å². The van der Waals surface area contributed by atoms with Crippen molar-refractivity contribution in [2.45, 2.75) is 61.1 Å². The summed E-state index contributed by atoms with van der Waals surface area (Å²) in [5.74, 6) is -2.14. The highest BCUT2D eigenvalue weighted by atomic mass is 32.2. The maximum absolute atomic E-state index is 13.0. The monoisotopic (exact) mass is 509 g/mol. The van der Waals surface area contributed by atoms with Crippen LogP contribution >= 0.6 is 0 Å². The molecule has 0 unspecified atom stereocenters. The van der Waals surface area contributed by atoms with E-state index in [1.165, 1.54) is 13.8 Å². The van der Waals surface area contributed by atoms with Crippen molar-refractivity contribution in [3.05, 3.63) is 53.6 Å². The average molecular weight is 509 g/mol. The molecule has 6 nitrogen and oxygen atoms in total. The molecule has 1 fully saturated rings. The first kappa shape index (κ1) is 25.9. The number of carbonyl (C=O) groups is 1. The van der Waals surface area contributed by atoms with E-state index in [-0.39, 0.29) is 23.9 Å². The Morgan fingerprint density at radius 1 is 1.03 bits per heavy atom. The number of hydrogen-bond donors (Lipinski definition) is 1. The molecule has 0 atom stereocenters. The molecule has 186 valence electrons. The van der Waals surface area contributed by atoms with Gasteiger partial charge < -0.3 is 5.32 Å². The third kappa shape index (κ3) is 5.50. The summed E-state index contributed by atoms with van der Waals surface area (Å²) in [4.78, 5) is 18.0. The van der Waals surface area contributed by atoms with Crippen LogP contribution in [0.15, 0.2) is 41.6 Å². The Balaban J connectivity index is 1.59. The van der Waals surface area contributed by atoms with Gasteiger partial charge in [-0.05, 0) is 57.2 Å². The average Bonchev–Trinajstić information content (AvgIpc) is 2.70. The van der Waals surface area contributed by atoms with Crippen molar-refractivity contribution in [1.29, 1.82) is 0 Å². The SMILES string of the molecule is CC(C)(C[C@H]1C[C@@H](NC(=O)c2cnc(C(F)(F)F)nc2)C1)S(=O)(=O)c1cccc(C(F)(F)F)c1. The normalized spacial score (nSPS) is 19.4. The van der Waals surface area contributed by atoms with E-state index in [0.717, 1.165) is 30.6 Å². The highest BCUT2D eigenvalue weighted by Gasteiger charge is 2.43. The Morgan fingerprint density at radius 2 is 1.62 bits per heavy atom. The third-order valence-corrected chi connectivity index (χ3v) is 8.21. The fraction of sp³-hybridized carbons (Fsp3) is 0.476. The zero-order chi connectivity index (χ0) is 25.5. The van der Waals surface area contributed by atoms with Crippen LogP contribution in [-0.2, 0) is 22.2 Å². The molecule has 0 aliphatic heterocycles. The van der Waals surface area contributed by atoms with Crippen LogP contribution in [0.4, 0.5) is 26.3 Å². The second-order valence-corrected chi connectivity index (χ2v) is 11.4. The molecular formula is C21H21F6N3O3S. The van der Waals surface area contributed by atoms with Crippen LogP contribution in [0.5, 0.6) is 0 Å². The van der Waals surface area contributed by atoms with E-state index in [1.807, 2.05) is 0 Å². The van der Waals surface area contributed by atoms with Gasteiger partial charge in [-0.15, -0.1) is 0 Å². The van der Waals surface area contributed by atoms with Crippen molar-refractivity contribution in [3.8, 4) is 0 Å². The third-order valence-electron chi connectivity index (χ3n) is 5.72. The van der Waals surface area contributed by atoms with Gasteiger partial charge in [0.1, 0.15) is 0 Å². The molecule has 34 heavy (non-hydrogen) atoms. The number of nitrogens with one attached hydrogen (secondary N) is 1. The highest BCUT2D eigenvalue weighted by molar-refractivity contribution is 7.92. The standard InChI is InChI=1S/C21H21F6N3O3S/c1-19(2,34(32,33)16-5-3-4-14(8-16)20(22,23)24)9-12-6-15(7-12)30-17(31)13-10-28-18(29-11-13)21(25,26)27/h3-5,8,10-12,15H,6-7,9H2,1-2H3,(H,30,31)/t12-,15+. The summed E-state index contributed by atoms with van der Waals surface area (Å²) in [6, 6.07) is 3.26. The lowest BCUT2D eigenvalue weighted by Gasteiger charge is -2.40. The van der Waals surface area contributed by atoms with Crippen LogP contribution in [0.25, 0.3) is 0 Å². The molecule has 1 aliphatic carbocycles. The van der Waals surface area contributed by atoms with E-state index in [0.29, 0.717) is 18.9 Å². The quantitative estimate of drug-likeness (QED) is 0.572. The van der Waals surface area contributed by atoms with E-state index in [2.05, 4.69) is 15.3 Å². The minimum Gasteiger partial charge on any atom is -0.349 e. The van der Waals surface area contributed by atoms with E-state index in [1.54, 1.807) is 0 Å². The number of hydrogen-bond acceptors (Lipinski definition) is 5. The Bertz CT molecular complexity index is 1160. The molecule has 1 amide bonds. The topological polar surface area (TPSA) is 89.0 Å². The molecule has 1 aliphatic rings. The molecule has 0 saturated heterocycles. The fourth-order valence-corrected chi connectivity index (χ4v) is 5.48. The van der Waals surface area contributed by atoms with E-state index >= 15 is 0 Å². The Hall–Kier alpha value is -2.70. The predicted molar refractivity (Wildman–Crippen MR) is 108 cm³/mol. The minimum absolute atomic E-state index is 0.121. The highest BCUT2D eigenvalue weighted by Crippen LogP contribution is 2.40. The van der Waals surface area contributed by atoms with Crippen molar-refractivity contribution < 1.29 is 39.6 Å². The Kier molecular flexibility index (Phi) is 6.72. The van der Waals surface area contributed by atoms with Crippen LogP contribution in [0, 0.1) is 5.92 Å². The number of alkyl halides is 6. The van der Waals surface area contributed by atoms with Crippen LogP contribution in [0.3, 0.4) is 0 Å². The molecule has 13 heteroatoms. The molecule has 0 spiro atoms. The summed E-state index contributed by atoms with van der Waals surface area (Å²) in [5.41, 5.74) is -1.20. The van der Waals surface area contributed by atoms with Gasteiger partial charge in [-0.2, -0.15) is 26.3 Å². The van der Waals surface area contributed by atoms with Gasteiger partial charge in [0, 0.05) is 18.4 Å². The molecule has 0 radical (unpaired) electrons. The molecular weight excluding hydrogens is 488 g/mol. The van der Waals surface area contributed by atoms with Gasteiger partial charge in [0.2, 0.25) is 5.82 Å². The van der Waals surface area contributed by atoms with Crippen LogP contribution < -0.4 is 5.32 Å². The minimum atomic E-state index is -4.72. The molecule has 1 heterocycles. The molecule has 1 saturated carbocycles. The summed E-state index contributed by atoms with van der Waals surface area (Å²) >= 11 is 0. The van der Waals surface area contributed by atoms with Gasteiger partial charge in [0.05, 0.1) is 20.8 Å². The summed E-state index contributed by atoms with van der Waals surface area (Å²) in [6.45, 7) is 2.88. The maximum atomic E-state index is 13.0. The second-order valence-electron chi connectivity index (χ2n) is 8.79.